The van der Waals surface area contributed by atoms with Gasteiger partial charge >= 0.3 is 5.97 Å². The van der Waals surface area contributed by atoms with Crippen LogP contribution in [0.15, 0.2) is 47.3 Å². The predicted molar refractivity (Wildman–Crippen MR) is 86.1 cm³/mol. The Hall–Kier alpha value is -2.96. The molecule has 1 aliphatic carbocycles. The Kier molecular flexibility index (Phi) is 4.16. The minimum atomic E-state index is -1.06. The van der Waals surface area contributed by atoms with Gasteiger partial charge in [0.05, 0.1) is 5.69 Å². The molecule has 0 radical (unpaired) electrons. The first-order chi connectivity index (χ1) is 11.5. The lowest BCUT2D eigenvalue weighted by molar-refractivity contribution is -0.141. The van der Waals surface area contributed by atoms with Crippen LogP contribution in [0, 0.1) is 0 Å². The molecule has 1 amide bonds. The molecule has 0 saturated heterocycles. The predicted octanol–water partition coefficient (Wildman–Crippen LogP) is 1.31. The van der Waals surface area contributed by atoms with E-state index in [0.717, 1.165) is 17.5 Å². The molecule has 1 heterocycles. The highest BCUT2D eigenvalue weighted by molar-refractivity contribution is 5.95. The van der Waals surface area contributed by atoms with Crippen molar-refractivity contribution in [1.82, 2.24) is 14.7 Å². The number of carboxylic acid groups (broad SMARTS) is 1. The standard InChI is InChI=1S/C17H17N3O4/c1-11(17(23)24)19(12-7-8-12)16(22)14-9-10-15(21)20(18-14)13-5-3-2-4-6-13/h2-6,9-12H,7-8H2,1H3,(H,23,24). The Labute approximate surface area is 138 Å². The van der Waals surface area contributed by atoms with Crippen molar-refractivity contribution in [2.75, 3.05) is 0 Å². The van der Waals surface area contributed by atoms with Crippen molar-refractivity contribution in [3.05, 3.63) is 58.5 Å². The Morgan fingerprint density at radius 3 is 2.46 bits per heavy atom. The van der Waals surface area contributed by atoms with Crippen molar-refractivity contribution in [3.8, 4) is 5.69 Å². The van der Waals surface area contributed by atoms with E-state index in [4.69, 9.17) is 0 Å². The van der Waals surface area contributed by atoms with Gasteiger partial charge < -0.3 is 10.0 Å². The summed E-state index contributed by atoms with van der Waals surface area (Å²) >= 11 is 0. The first-order valence-corrected chi connectivity index (χ1v) is 7.70. The molecule has 24 heavy (non-hydrogen) atoms. The third-order valence-electron chi connectivity index (χ3n) is 3.97. The van der Waals surface area contributed by atoms with Gasteiger partial charge in [-0.05, 0) is 38.0 Å². The topological polar surface area (TPSA) is 92.5 Å². The van der Waals surface area contributed by atoms with Crippen LogP contribution in [0.3, 0.4) is 0 Å². The van der Waals surface area contributed by atoms with Crippen LogP contribution in [-0.4, -0.2) is 43.7 Å². The van der Waals surface area contributed by atoms with Gasteiger partial charge in [0.25, 0.3) is 11.5 Å². The van der Waals surface area contributed by atoms with Crippen molar-refractivity contribution < 1.29 is 14.7 Å². The third kappa shape index (κ3) is 3.05. The molecule has 1 unspecified atom stereocenters. The van der Waals surface area contributed by atoms with E-state index in [1.54, 1.807) is 24.3 Å². The van der Waals surface area contributed by atoms with Gasteiger partial charge in [-0.3, -0.25) is 9.59 Å². The van der Waals surface area contributed by atoms with Crippen LogP contribution in [0.4, 0.5) is 0 Å². The minimum Gasteiger partial charge on any atom is -0.480 e. The number of hydrogen-bond donors (Lipinski definition) is 1. The number of amides is 1. The fourth-order valence-corrected chi connectivity index (χ4v) is 2.54. The second-order valence-corrected chi connectivity index (χ2v) is 5.76. The molecular weight excluding hydrogens is 310 g/mol. The largest absolute Gasteiger partial charge is 0.480 e. The number of hydrogen-bond acceptors (Lipinski definition) is 4. The number of benzene rings is 1. The van der Waals surface area contributed by atoms with Gasteiger partial charge in [-0.15, -0.1) is 0 Å². The van der Waals surface area contributed by atoms with E-state index < -0.39 is 17.9 Å². The van der Waals surface area contributed by atoms with E-state index in [1.165, 1.54) is 24.0 Å². The molecule has 1 aromatic heterocycles. The average Bonchev–Trinajstić information content (AvgIpc) is 3.41. The number of aliphatic carboxylic acids is 1. The molecule has 0 bridgehead atoms. The molecule has 3 rings (SSSR count). The van der Waals surface area contributed by atoms with E-state index in [9.17, 15) is 19.5 Å². The first-order valence-electron chi connectivity index (χ1n) is 7.70. The molecule has 1 fully saturated rings. The van der Waals surface area contributed by atoms with Crippen LogP contribution in [0.2, 0.25) is 0 Å². The highest BCUT2D eigenvalue weighted by Gasteiger charge is 2.39. The van der Waals surface area contributed by atoms with Crippen LogP contribution in [0.1, 0.15) is 30.3 Å². The highest BCUT2D eigenvalue weighted by atomic mass is 16.4. The van der Waals surface area contributed by atoms with Gasteiger partial charge in [0, 0.05) is 12.1 Å². The fraction of sp³-hybridized carbons (Fsp3) is 0.294. The lowest BCUT2D eigenvalue weighted by Crippen LogP contribution is -2.45. The number of carboxylic acids is 1. The molecule has 124 valence electrons. The number of carbonyl (C=O) groups is 2. The molecule has 0 aliphatic heterocycles. The van der Waals surface area contributed by atoms with Crippen LogP contribution in [0.25, 0.3) is 5.69 Å². The van der Waals surface area contributed by atoms with Gasteiger partial charge in [0.15, 0.2) is 0 Å². The SMILES string of the molecule is CC(C(=O)O)N(C(=O)c1ccc(=O)n(-c2ccccc2)n1)C1CC1. The van der Waals surface area contributed by atoms with Crippen molar-refractivity contribution in [2.45, 2.75) is 31.8 Å². The zero-order valence-electron chi connectivity index (χ0n) is 13.1. The smallest absolute Gasteiger partial charge is 0.326 e. The fourth-order valence-electron chi connectivity index (χ4n) is 2.54. The summed E-state index contributed by atoms with van der Waals surface area (Å²) in [4.78, 5) is 37.4. The van der Waals surface area contributed by atoms with Gasteiger partial charge in [0.1, 0.15) is 11.7 Å². The van der Waals surface area contributed by atoms with Crippen molar-refractivity contribution >= 4 is 11.9 Å². The van der Waals surface area contributed by atoms with E-state index in [2.05, 4.69) is 5.10 Å². The molecule has 2 aromatic rings. The Balaban J connectivity index is 1.98. The van der Waals surface area contributed by atoms with Crippen LogP contribution in [-0.2, 0) is 4.79 Å². The molecule has 1 saturated carbocycles. The van der Waals surface area contributed by atoms with Crippen LogP contribution >= 0.6 is 0 Å². The summed E-state index contributed by atoms with van der Waals surface area (Å²) in [6, 6.07) is 10.3. The lowest BCUT2D eigenvalue weighted by Gasteiger charge is -2.26. The number of aromatic nitrogens is 2. The summed E-state index contributed by atoms with van der Waals surface area (Å²) in [6.07, 6.45) is 1.56. The minimum absolute atomic E-state index is 0.0541. The zero-order valence-corrected chi connectivity index (χ0v) is 13.1. The molecule has 1 N–H and O–H groups in total. The second-order valence-electron chi connectivity index (χ2n) is 5.76. The van der Waals surface area contributed by atoms with Gasteiger partial charge in [0.2, 0.25) is 0 Å². The van der Waals surface area contributed by atoms with E-state index in [1.807, 2.05) is 6.07 Å². The number of para-hydroxylation sites is 1. The molecule has 1 aromatic carbocycles. The quantitative estimate of drug-likeness (QED) is 0.894. The van der Waals surface area contributed by atoms with Crippen LogP contribution < -0.4 is 5.56 Å². The van der Waals surface area contributed by atoms with E-state index in [0.29, 0.717) is 5.69 Å². The maximum Gasteiger partial charge on any atom is 0.326 e. The normalized spacial score (nSPS) is 14.9. The number of carbonyl (C=O) groups excluding carboxylic acids is 1. The summed E-state index contributed by atoms with van der Waals surface area (Å²) < 4.78 is 1.14. The third-order valence-corrected chi connectivity index (χ3v) is 3.97. The Morgan fingerprint density at radius 1 is 1.21 bits per heavy atom. The molecule has 7 heteroatoms. The highest BCUT2D eigenvalue weighted by Crippen LogP contribution is 2.30. The molecule has 1 aliphatic rings. The van der Waals surface area contributed by atoms with E-state index >= 15 is 0 Å². The van der Waals surface area contributed by atoms with Crippen molar-refractivity contribution in [3.63, 3.8) is 0 Å². The number of rotatable bonds is 5. The van der Waals surface area contributed by atoms with E-state index in [-0.39, 0.29) is 17.3 Å². The molecule has 7 nitrogen and oxygen atoms in total. The summed E-state index contributed by atoms with van der Waals surface area (Å²) in [5, 5.41) is 13.4. The molecule has 0 spiro atoms. The summed E-state index contributed by atoms with van der Waals surface area (Å²) in [6.45, 7) is 1.48. The van der Waals surface area contributed by atoms with Crippen molar-refractivity contribution in [1.29, 1.82) is 0 Å². The van der Waals surface area contributed by atoms with Crippen molar-refractivity contribution in [2.24, 2.45) is 0 Å². The first kappa shape index (κ1) is 15.9. The molecular formula is C17H17N3O4. The Bertz CT molecular complexity index is 827. The summed E-state index contributed by atoms with van der Waals surface area (Å²) in [5.41, 5.74) is 0.238. The summed E-state index contributed by atoms with van der Waals surface area (Å²) in [7, 11) is 0. The van der Waals surface area contributed by atoms with Crippen LogP contribution in [0.5, 0.6) is 0 Å². The van der Waals surface area contributed by atoms with Gasteiger partial charge in [-0.2, -0.15) is 9.78 Å². The maximum absolute atomic E-state index is 12.8. The average molecular weight is 327 g/mol. The van der Waals surface area contributed by atoms with Gasteiger partial charge in [-0.1, -0.05) is 18.2 Å². The monoisotopic (exact) mass is 327 g/mol. The zero-order chi connectivity index (χ0) is 17.3. The number of nitrogens with zero attached hydrogens (tertiary/aromatic N) is 3. The molecule has 1 atom stereocenters. The Morgan fingerprint density at radius 2 is 1.88 bits per heavy atom. The summed E-state index contributed by atoms with van der Waals surface area (Å²) in [5.74, 6) is -1.54. The maximum atomic E-state index is 12.8. The lowest BCUT2D eigenvalue weighted by atomic mass is 10.2. The van der Waals surface area contributed by atoms with Gasteiger partial charge in [-0.25, -0.2) is 4.79 Å². The second kappa shape index (κ2) is 6.27.